The third-order valence-corrected chi connectivity index (χ3v) is 3.89. The van der Waals surface area contributed by atoms with E-state index in [1.807, 2.05) is 0 Å². The zero-order chi connectivity index (χ0) is 14.8. The van der Waals surface area contributed by atoms with Gasteiger partial charge in [-0.05, 0) is 37.1 Å². The Morgan fingerprint density at radius 1 is 1.42 bits per heavy atom. The average molecular weight is 280 g/mol. The predicted molar refractivity (Wildman–Crippen MR) is 73.1 cm³/mol. The van der Waals surface area contributed by atoms with Gasteiger partial charge in [-0.15, -0.1) is 6.42 Å². The molecule has 1 amide bonds. The molecule has 0 saturated carbocycles. The molecular weight excluding hydrogens is 264 g/mol. The van der Waals surface area contributed by atoms with E-state index in [0.717, 1.165) is 0 Å². The first-order chi connectivity index (χ1) is 8.68. The summed E-state index contributed by atoms with van der Waals surface area (Å²) in [5, 5.41) is 5.15. The molecule has 0 aliphatic rings. The van der Waals surface area contributed by atoms with E-state index >= 15 is 0 Å². The maximum absolute atomic E-state index is 12.1. The number of amides is 1. The molecule has 0 unspecified atom stereocenters. The second kappa shape index (κ2) is 5.43. The number of aryl methyl sites for hydroxylation is 1. The van der Waals surface area contributed by atoms with Gasteiger partial charge in [0.1, 0.15) is 0 Å². The number of sulfonamides is 1. The van der Waals surface area contributed by atoms with Gasteiger partial charge in [-0.3, -0.25) is 4.79 Å². The fraction of sp³-hybridized carbons (Fsp3) is 0.308. The van der Waals surface area contributed by atoms with Crippen LogP contribution in [0.4, 0.5) is 0 Å². The van der Waals surface area contributed by atoms with Gasteiger partial charge in [-0.2, -0.15) is 0 Å². The van der Waals surface area contributed by atoms with Crippen LogP contribution in [-0.2, 0) is 10.0 Å². The highest BCUT2D eigenvalue weighted by Gasteiger charge is 2.19. The maximum atomic E-state index is 12.1. The van der Waals surface area contributed by atoms with Crippen LogP contribution in [-0.4, -0.2) is 32.8 Å². The highest BCUT2D eigenvalue weighted by atomic mass is 32.2. The van der Waals surface area contributed by atoms with E-state index < -0.39 is 10.0 Å². The second-order valence-electron chi connectivity index (χ2n) is 4.33. The summed E-state index contributed by atoms with van der Waals surface area (Å²) in [6.45, 7) is 3.52. The molecule has 1 aromatic carbocycles. The summed E-state index contributed by atoms with van der Waals surface area (Å²) in [5.74, 6) is 2.01. The molecule has 0 bridgehead atoms. The Hall–Kier alpha value is -1.84. The Bertz CT molecular complexity index is 657. The minimum atomic E-state index is -3.86. The van der Waals surface area contributed by atoms with Crippen LogP contribution in [0.15, 0.2) is 17.0 Å². The average Bonchev–Trinajstić information content (AvgIpc) is 2.30. The van der Waals surface area contributed by atoms with Crippen LogP contribution in [0.1, 0.15) is 21.5 Å². The third-order valence-electron chi connectivity index (χ3n) is 2.85. The SMILES string of the molecule is C#CCN(C)C(=O)c1cc(C)c(C)c(S(N)(=O)=O)c1. The summed E-state index contributed by atoms with van der Waals surface area (Å²) in [7, 11) is -2.31. The highest BCUT2D eigenvalue weighted by molar-refractivity contribution is 7.89. The van der Waals surface area contributed by atoms with Gasteiger partial charge < -0.3 is 4.90 Å². The van der Waals surface area contributed by atoms with Gasteiger partial charge in [0.2, 0.25) is 10.0 Å². The molecule has 1 rings (SSSR count). The molecule has 0 atom stereocenters. The van der Waals surface area contributed by atoms with Crippen molar-refractivity contribution >= 4 is 15.9 Å². The van der Waals surface area contributed by atoms with E-state index in [9.17, 15) is 13.2 Å². The molecule has 0 aliphatic heterocycles. The second-order valence-corrected chi connectivity index (χ2v) is 5.86. The zero-order valence-corrected chi connectivity index (χ0v) is 11.9. The Balaban J connectivity index is 3.38. The smallest absolute Gasteiger partial charge is 0.254 e. The molecule has 5 nitrogen and oxygen atoms in total. The van der Waals surface area contributed by atoms with Gasteiger partial charge in [0.05, 0.1) is 11.4 Å². The topological polar surface area (TPSA) is 80.5 Å². The lowest BCUT2D eigenvalue weighted by Gasteiger charge is -2.16. The van der Waals surface area contributed by atoms with Gasteiger partial charge in [0.15, 0.2) is 0 Å². The van der Waals surface area contributed by atoms with Crippen molar-refractivity contribution in [1.29, 1.82) is 0 Å². The number of carbonyl (C=O) groups excluding carboxylic acids is 1. The van der Waals surface area contributed by atoms with Crippen LogP contribution in [0.2, 0.25) is 0 Å². The fourth-order valence-corrected chi connectivity index (χ4v) is 2.55. The molecule has 0 spiro atoms. The molecule has 0 heterocycles. The zero-order valence-electron chi connectivity index (χ0n) is 11.1. The number of terminal acetylenes is 1. The number of primary sulfonamides is 1. The van der Waals surface area contributed by atoms with Crippen molar-refractivity contribution in [2.24, 2.45) is 5.14 Å². The summed E-state index contributed by atoms with van der Waals surface area (Å²) in [4.78, 5) is 13.4. The van der Waals surface area contributed by atoms with Crippen molar-refractivity contribution in [1.82, 2.24) is 4.90 Å². The quantitative estimate of drug-likeness (QED) is 0.826. The summed E-state index contributed by atoms with van der Waals surface area (Å²) >= 11 is 0. The predicted octanol–water partition coefficient (Wildman–Crippen LogP) is 0.656. The minimum Gasteiger partial charge on any atom is -0.331 e. The summed E-state index contributed by atoms with van der Waals surface area (Å²) in [6.07, 6.45) is 5.14. The van der Waals surface area contributed by atoms with E-state index in [1.165, 1.54) is 11.0 Å². The molecule has 1 aromatic rings. The van der Waals surface area contributed by atoms with Crippen LogP contribution in [0.25, 0.3) is 0 Å². The van der Waals surface area contributed by atoms with Gasteiger partial charge in [-0.25, -0.2) is 13.6 Å². The van der Waals surface area contributed by atoms with Crippen LogP contribution >= 0.6 is 0 Å². The number of rotatable bonds is 3. The van der Waals surface area contributed by atoms with Crippen molar-refractivity contribution < 1.29 is 13.2 Å². The van der Waals surface area contributed by atoms with Crippen molar-refractivity contribution in [3.8, 4) is 12.3 Å². The van der Waals surface area contributed by atoms with E-state index in [1.54, 1.807) is 27.0 Å². The lowest BCUT2D eigenvalue weighted by atomic mass is 10.1. The Morgan fingerprint density at radius 2 is 2.00 bits per heavy atom. The lowest BCUT2D eigenvalue weighted by Crippen LogP contribution is -2.27. The largest absolute Gasteiger partial charge is 0.331 e. The van der Waals surface area contributed by atoms with E-state index in [-0.39, 0.29) is 22.9 Å². The highest BCUT2D eigenvalue weighted by Crippen LogP contribution is 2.20. The summed E-state index contributed by atoms with van der Waals surface area (Å²) in [5.41, 5.74) is 1.48. The fourth-order valence-electron chi connectivity index (χ4n) is 1.68. The minimum absolute atomic E-state index is 0.0371. The van der Waals surface area contributed by atoms with Crippen molar-refractivity contribution in [3.63, 3.8) is 0 Å². The summed E-state index contributed by atoms with van der Waals surface area (Å²) < 4.78 is 23.0. The van der Waals surface area contributed by atoms with Crippen LogP contribution < -0.4 is 5.14 Å². The molecule has 0 radical (unpaired) electrons. The van der Waals surface area contributed by atoms with Gasteiger partial charge in [0.25, 0.3) is 5.91 Å². The normalized spacial score (nSPS) is 10.9. The molecule has 19 heavy (non-hydrogen) atoms. The van der Waals surface area contributed by atoms with Crippen LogP contribution in [0.3, 0.4) is 0 Å². The van der Waals surface area contributed by atoms with Crippen LogP contribution in [0.5, 0.6) is 0 Å². The molecule has 0 saturated heterocycles. The number of hydrogen-bond donors (Lipinski definition) is 1. The van der Waals surface area contributed by atoms with Gasteiger partial charge in [-0.1, -0.05) is 5.92 Å². The van der Waals surface area contributed by atoms with Crippen molar-refractivity contribution in [2.45, 2.75) is 18.7 Å². The molecule has 6 heteroatoms. The third kappa shape index (κ3) is 3.34. The number of nitrogens with zero attached hydrogens (tertiary/aromatic N) is 1. The first-order valence-electron chi connectivity index (χ1n) is 5.51. The Labute approximate surface area is 113 Å². The maximum Gasteiger partial charge on any atom is 0.254 e. The summed E-state index contributed by atoms with van der Waals surface area (Å²) in [6, 6.07) is 2.91. The number of hydrogen-bond acceptors (Lipinski definition) is 3. The van der Waals surface area contributed by atoms with Gasteiger partial charge >= 0.3 is 0 Å². The molecular formula is C13H16N2O3S. The Kier molecular flexibility index (Phi) is 4.35. The van der Waals surface area contributed by atoms with E-state index in [2.05, 4.69) is 5.92 Å². The van der Waals surface area contributed by atoms with Crippen molar-refractivity contribution in [2.75, 3.05) is 13.6 Å². The van der Waals surface area contributed by atoms with E-state index in [0.29, 0.717) is 11.1 Å². The Morgan fingerprint density at radius 3 is 2.47 bits per heavy atom. The van der Waals surface area contributed by atoms with E-state index in [4.69, 9.17) is 11.6 Å². The molecule has 0 aliphatic carbocycles. The van der Waals surface area contributed by atoms with Crippen molar-refractivity contribution in [3.05, 3.63) is 28.8 Å². The molecule has 2 N–H and O–H groups in total. The molecule has 102 valence electrons. The molecule has 0 fully saturated rings. The standard InChI is InChI=1S/C13H16N2O3S/c1-5-6-15(4)13(16)11-7-9(2)10(3)12(8-11)19(14,17)18/h1,7-8H,6H2,2-4H3,(H2,14,17,18). The first-order valence-corrected chi connectivity index (χ1v) is 7.06. The number of nitrogens with two attached hydrogens (primary N) is 1. The lowest BCUT2D eigenvalue weighted by molar-refractivity contribution is 0.0812. The monoisotopic (exact) mass is 280 g/mol. The van der Waals surface area contributed by atoms with Gasteiger partial charge in [0, 0.05) is 12.6 Å². The number of carbonyl (C=O) groups is 1. The van der Waals surface area contributed by atoms with Crippen LogP contribution in [0, 0.1) is 26.2 Å². The first kappa shape index (κ1) is 15.2. The molecule has 0 aromatic heterocycles. The number of benzene rings is 1.